The Hall–Kier alpha value is -2.10. The Balaban J connectivity index is 2.08. The van der Waals surface area contributed by atoms with Crippen molar-refractivity contribution >= 4 is 17.5 Å². The highest BCUT2D eigenvalue weighted by Gasteiger charge is 2.03. The molecule has 0 unspecified atom stereocenters. The average molecular weight is 298 g/mol. The van der Waals surface area contributed by atoms with Crippen molar-refractivity contribution in [3.63, 3.8) is 0 Å². The van der Waals surface area contributed by atoms with E-state index in [0.717, 1.165) is 36.6 Å². The molecule has 4 heteroatoms. The van der Waals surface area contributed by atoms with Gasteiger partial charge >= 0.3 is 0 Å². The molecule has 0 aliphatic carbocycles. The fourth-order valence-corrected chi connectivity index (χ4v) is 2.19. The van der Waals surface area contributed by atoms with Gasteiger partial charge in [0.25, 0.3) is 0 Å². The minimum Gasteiger partial charge on any atom is -0.354 e. The van der Waals surface area contributed by atoms with E-state index < -0.39 is 0 Å². The largest absolute Gasteiger partial charge is 0.354 e. The lowest BCUT2D eigenvalue weighted by Crippen LogP contribution is -2.07. The summed E-state index contributed by atoms with van der Waals surface area (Å²) in [5.74, 6) is 2.06. The van der Waals surface area contributed by atoms with Crippen molar-refractivity contribution in [1.82, 2.24) is 9.97 Å². The van der Waals surface area contributed by atoms with Crippen LogP contribution in [0.1, 0.15) is 50.8 Å². The summed E-state index contributed by atoms with van der Waals surface area (Å²) in [6.45, 7) is 9.46. The molecule has 0 spiro atoms. The normalized spacial score (nSPS) is 10.8. The van der Waals surface area contributed by atoms with Crippen molar-refractivity contribution in [2.45, 2.75) is 46.5 Å². The van der Waals surface area contributed by atoms with E-state index in [1.807, 2.05) is 13.0 Å². The van der Waals surface area contributed by atoms with Crippen LogP contribution in [-0.4, -0.2) is 16.5 Å². The summed E-state index contributed by atoms with van der Waals surface area (Å²) in [6, 6.07) is 10.5. The van der Waals surface area contributed by atoms with Gasteiger partial charge in [-0.2, -0.15) is 4.98 Å². The van der Waals surface area contributed by atoms with Crippen LogP contribution in [0, 0.1) is 6.92 Å². The van der Waals surface area contributed by atoms with E-state index in [1.54, 1.807) is 0 Å². The van der Waals surface area contributed by atoms with Crippen LogP contribution in [0.3, 0.4) is 0 Å². The predicted molar refractivity (Wildman–Crippen MR) is 94.0 cm³/mol. The molecule has 0 saturated carbocycles. The van der Waals surface area contributed by atoms with Crippen molar-refractivity contribution in [2.75, 3.05) is 17.2 Å². The van der Waals surface area contributed by atoms with E-state index in [-0.39, 0.29) is 0 Å². The summed E-state index contributed by atoms with van der Waals surface area (Å²) in [6.07, 6.45) is 2.28. The first-order valence-corrected chi connectivity index (χ1v) is 8.05. The third-order valence-corrected chi connectivity index (χ3v) is 3.52. The van der Waals surface area contributed by atoms with Crippen LogP contribution < -0.4 is 10.6 Å². The molecule has 1 heterocycles. The van der Waals surface area contributed by atoms with Gasteiger partial charge in [0.1, 0.15) is 5.82 Å². The lowest BCUT2D eigenvalue weighted by atomic mass is 10.0. The van der Waals surface area contributed by atoms with Crippen LogP contribution in [0.15, 0.2) is 30.3 Å². The fourth-order valence-electron chi connectivity index (χ4n) is 2.19. The Kier molecular flexibility index (Phi) is 5.75. The number of hydrogen-bond acceptors (Lipinski definition) is 4. The highest BCUT2D eigenvalue weighted by Crippen LogP contribution is 2.20. The van der Waals surface area contributed by atoms with Gasteiger partial charge in [0.05, 0.1) is 0 Å². The zero-order valence-electron chi connectivity index (χ0n) is 14.0. The standard InChI is InChI=1S/C18H26N4/c1-5-6-11-19-18-20-14(4)12-17(22-18)21-16-9-7-15(8-10-16)13(2)3/h7-10,12-13H,5-6,11H2,1-4H3,(H2,19,20,21,22). The molecule has 0 atom stereocenters. The number of aromatic nitrogens is 2. The molecule has 0 aliphatic rings. The van der Waals surface area contributed by atoms with Crippen LogP contribution >= 0.6 is 0 Å². The minimum atomic E-state index is 0.546. The number of anilines is 3. The summed E-state index contributed by atoms with van der Waals surface area (Å²) in [5, 5.41) is 6.62. The van der Waals surface area contributed by atoms with Gasteiger partial charge in [-0.1, -0.05) is 39.3 Å². The molecule has 1 aromatic carbocycles. The minimum absolute atomic E-state index is 0.546. The highest BCUT2D eigenvalue weighted by atomic mass is 15.1. The number of nitrogens with one attached hydrogen (secondary N) is 2. The predicted octanol–water partition coefficient (Wildman–Crippen LogP) is 4.86. The van der Waals surface area contributed by atoms with Gasteiger partial charge in [-0.15, -0.1) is 0 Å². The van der Waals surface area contributed by atoms with Crippen LogP contribution in [0.2, 0.25) is 0 Å². The molecule has 0 saturated heterocycles. The molecule has 22 heavy (non-hydrogen) atoms. The number of unbranched alkanes of at least 4 members (excludes halogenated alkanes) is 1. The van der Waals surface area contributed by atoms with Gasteiger partial charge in [0.2, 0.25) is 5.95 Å². The molecule has 0 amide bonds. The Labute approximate surface area is 133 Å². The smallest absolute Gasteiger partial charge is 0.224 e. The Morgan fingerprint density at radius 2 is 1.82 bits per heavy atom. The molecular weight excluding hydrogens is 272 g/mol. The third kappa shape index (κ3) is 4.72. The molecule has 0 fully saturated rings. The summed E-state index contributed by atoms with van der Waals surface area (Å²) < 4.78 is 0. The molecule has 2 rings (SSSR count). The fraction of sp³-hybridized carbons (Fsp3) is 0.444. The number of rotatable bonds is 7. The van der Waals surface area contributed by atoms with Gasteiger partial charge in [0, 0.05) is 24.0 Å². The Morgan fingerprint density at radius 1 is 1.09 bits per heavy atom. The Bertz CT molecular complexity index is 591. The second-order valence-electron chi connectivity index (χ2n) is 5.90. The summed E-state index contributed by atoms with van der Waals surface area (Å²) in [5.41, 5.74) is 3.34. The van der Waals surface area contributed by atoms with E-state index in [0.29, 0.717) is 11.9 Å². The SMILES string of the molecule is CCCCNc1nc(C)cc(Nc2ccc(C(C)C)cc2)n1. The number of aryl methyl sites for hydroxylation is 1. The molecular formula is C18H26N4. The first-order valence-electron chi connectivity index (χ1n) is 8.05. The lowest BCUT2D eigenvalue weighted by molar-refractivity contribution is 0.825. The summed E-state index contributed by atoms with van der Waals surface area (Å²) >= 11 is 0. The van der Waals surface area contributed by atoms with Crippen molar-refractivity contribution in [3.05, 3.63) is 41.6 Å². The van der Waals surface area contributed by atoms with Crippen LogP contribution in [-0.2, 0) is 0 Å². The van der Waals surface area contributed by atoms with Crippen LogP contribution in [0.5, 0.6) is 0 Å². The highest BCUT2D eigenvalue weighted by molar-refractivity contribution is 5.58. The van der Waals surface area contributed by atoms with Crippen molar-refractivity contribution in [3.8, 4) is 0 Å². The Morgan fingerprint density at radius 3 is 2.45 bits per heavy atom. The van der Waals surface area contributed by atoms with E-state index >= 15 is 0 Å². The lowest BCUT2D eigenvalue weighted by Gasteiger charge is -2.11. The molecule has 2 aromatic rings. The number of benzene rings is 1. The average Bonchev–Trinajstić information content (AvgIpc) is 2.47. The van der Waals surface area contributed by atoms with Crippen molar-refractivity contribution < 1.29 is 0 Å². The monoisotopic (exact) mass is 298 g/mol. The van der Waals surface area contributed by atoms with Crippen LogP contribution in [0.4, 0.5) is 17.5 Å². The van der Waals surface area contributed by atoms with E-state index in [1.165, 1.54) is 5.56 Å². The van der Waals surface area contributed by atoms with Gasteiger partial charge in [-0.25, -0.2) is 4.98 Å². The molecule has 0 aliphatic heterocycles. The quantitative estimate of drug-likeness (QED) is 0.716. The van der Waals surface area contributed by atoms with Crippen molar-refractivity contribution in [2.24, 2.45) is 0 Å². The first kappa shape index (κ1) is 16.3. The number of nitrogens with zero attached hydrogens (tertiary/aromatic N) is 2. The van der Waals surface area contributed by atoms with Gasteiger partial charge < -0.3 is 10.6 Å². The van der Waals surface area contributed by atoms with Crippen LogP contribution in [0.25, 0.3) is 0 Å². The second kappa shape index (κ2) is 7.78. The first-order chi connectivity index (χ1) is 10.6. The van der Waals surface area contributed by atoms with E-state index in [9.17, 15) is 0 Å². The van der Waals surface area contributed by atoms with E-state index in [4.69, 9.17) is 0 Å². The maximum Gasteiger partial charge on any atom is 0.224 e. The summed E-state index contributed by atoms with van der Waals surface area (Å²) in [4.78, 5) is 8.95. The molecule has 0 radical (unpaired) electrons. The topological polar surface area (TPSA) is 49.8 Å². The van der Waals surface area contributed by atoms with Crippen molar-refractivity contribution in [1.29, 1.82) is 0 Å². The van der Waals surface area contributed by atoms with E-state index in [2.05, 4.69) is 65.6 Å². The van der Waals surface area contributed by atoms with Gasteiger partial charge in [0.15, 0.2) is 0 Å². The summed E-state index contributed by atoms with van der Waals surface area (Å²) in [7, 11) is 0. The second-order valence-corrected chi connectivity index (χ2v) is 5.90. The molecule has 2 N–H and O–H groups in total. The zero-order chi connectivity index (χ0) is 15.9. The zero-order valence-corrected chi connectivity index (χ0v) is 14.0. The number of hydrogen-bond donors (Lipinski definition) is 2. The third-order valence-electron chi connectivity index (χ3n) is 3.52. The van der Waals surface area contributed by atoms with Gasteiger partial charge in [-0.3, -0.25) is 0 Å². The molecule has 1 aromatic heterocycles. The maximum absolute atomic E-state index is 4.52. The van der Waals surface area contributed by atoms with Gasteiger partial charge in [-0.05, 0) is 37.0 Å². The molecule has 4 nitrogen and oxygen atoms in total. The molecule has 0 bridgehead atoms. The maximum atomic E-state index is 4.52. The molecule has 118 valence electrons.